The van der Waals surface area contributed by atoms with Crippen molar-refractivity contribution in [3.8, 4) is 6.07 Å². The number of ether oxygens (including phenoxy) is 1. The van der Waals surface area contributed by atoms with Gasteiger partial charge in [-0.2, -0.15) is 5.26 Å². The van der Waals surface area contributed by atoms with Gasteiger partial charge in [0.25, 0.3) is 0 Å². The number of nitriles is 1. The SMILES string of the molecule is CNS(=O)(=O)[C@@H]1CCOC[C@@H]1Cc1ccccc1C#N. The first kappa shape index (κ1) is 15.0. The molecule has 2 rings (SSSR count). The summed E-state index contributed by atoms with van der Waals surface area (Å²) in [5.41, 5.74) is 1.47. The molecule has 1 heterocycles. The Hall–Kier alpha value is -1.42. The van der Waals surface area contributed by atoms with Gasteiger partial charge in [-0.15, -0.1) is 0 Å². The maximum atomic E-state index is 12.1. The predicted octanol–water partition coefficient (Wildman–Crippen LogP) is 1.06. The van der Waals surface area contributed by atoms with Gasteiger partial charge in [0.2, 0.25) is 10.0 Å². The molecule has 1 aromatic rings. The largest absolute Gasteiger partial charge is 0.381 e. The summed E-state index contributed by atoms with van der Waals surface area (Å²) in [4.78, 5) is 0. The van der Waals surface area contributed by atoms with Crippen LogP contribution in [0.25, 0.3) is 0 Å². The van der Waals surface area contributed by atoms with E-state index in [0.29, 0.717) is 31.6 Å². The standard InChI is InChI=1S/C14H18N2O3S/c1-16-20(17,18)14-6-7-19-10-13(14)8-11-4-2-3-5-12(11)9-15/h2-5,13-14,16H,6-8,10H2,1H3/t13-,14+/m0/s1. The van der Waals surface area contributed by atoms with Crippen molar-refractivity contribution in [2.45, 2.75) is 18.1 Å². The highest BCUT2D eigenvalue weighted by atomic mass is 32.2. The quantitative estimate of drug-likeness (QED) is 0.900. The van der Waals surface area contributed by atoms with E-state index in [1.165, 1.54) is 7.05 Å². The highest BCUT2D eigenvalue weighted by Crippen LogP contribution is 2.26. The molecule has 0 aromatic heterocycles. The van der Waals surface area contributed by atoms with Crippen LogP contribution in [0.4, 0.5) is 0 Å². The minimum atomic E-state index is -3.32. The summed E-state index contributed by atoms with van der Waals surface area (Å²) in [6.45, 7) is 0.868. The minimum Gasteiger partial charge on any atom is -0.381 e. The van der Waals surface area contributed by atoms with Crippen LogP contribution in [0.1, 0.15) is 17.5 Å². The third-order valence-electron chi connectivity index (χ3n) is 3.71. The summed E-state index contributed by atoms with van der Waals surface area (Å²) in [6.07, 6.45) is 1.03. The molecule has 0 unspecified atom stereocenters. The molecule has 1 N–H and O–H groups in total. The van der Waals surface area contributed by atoms with Crippen molar-refractivity contribution in [3.63, 3.8) is 0 Å². The van der Waals surface area contributed by atoms with Crippen LogP contribution in [0, 0.1) is 17.2 Å². The summed E-state index contributed by atoms with van der Waals surface area (Å²) in [5.74, 6) is -0.129. The molecule has 1 aliphatic heterocycles. The van der Waals surface area contributed by atoms with Gasteiger partial charge in [0.05, 0.1) is 23.5 Å². The van der Waals surface area contributed by atoms with E-state index in [1.54, 1.807) is 12.1 Å². The monoisotopic (exact) mass is 294 g/mol. The fourth-order valence-corrected chi connectivity index (χ4v) is 4.01. The lowest BCUT2D eigenvalue weighted by Gasteiger charge is -2.31. The van der Waals surface area contributed by atoms with Crippen molar-refractivity contribution >= 4 is 10.0 Å². The summed E-state index contributed by atoms with van der Waals surface area (Å²) in [7, 11) is -1.89. The Morgan fingerprint density at radius 2 is 2.20 bits per heavy atom. The zero-order valence-corrected chi connectivity index (χ0v) is 12.2. The molecule has 1 saturated heterocycles. The molecule has 0 radical (unpaired) electrons. The lowest BCUT2D eigenvalue weighted by molar-refractivity contribution is 0.0570. The lowest BCUT2D eigenvalue weighted by Crippen LogP contribution is -2.43. The third-order valence-corrected chi connectivity index (χ3v) is 5.69. The molecule has 1 aliphatic rings. The van der Waals surface area contributed by atoms with E-state index < -0.39 is 15.3 Å². The smallest absolute Gasteiger partial charge is 0.214 e. The van der Waals surface area contributed by atoms with Crippen molar-refractivity contribution in [1.29, 1.82) is 5.26 Å². The second-order valence-corrected chi connectivity index (χ2v) is 6.99. The molecule has 0 saturated carbocycles. The molecule has 0 amide bonds. The number of benzene rings is 1. The maximum absolute atomic E-state index is 12.1. The molecule has 1 fully saturated rings. The second kappa shape index (κ2) is 6.35. The first-order valence-electron chi connectivity index (χ1n) is 6.56. The molecule has 20 heavy (non-hydrogen) atoms. The molecule has 6 heteroatoms. The molecular formula is C14H18N2O3S. The van der Waals surface area contributed by atoms with Crippen molar-refractivity contribution in [2.24, 2.45) is 5.92 Å². The number of rotatable bonds is 4. The Morgan fingerprint density at radius 1 is 1.45 bits per heavy atom. The van der Waals surface area contributed by atoms with Gasteiger partial charge >= 0.3 is 0 Å². The van der Waals surface area contributed by atoms with Crippen molar-refractivity contribution in [3.05, 3.63) is 35.4 Å². The van der Waals surface area contributed by atoms with Crippen LogP contribution in [-0.4, -0.2) is 33.9 Å². The van der Waals surface area contributed by atoms with Crippen LogP contribution in [-0.2, 0) is 21.2 Å². The fourth-order valence-electron chi connectivity index (χ4n) is 2.62. The molecule has 0 aliphatic carbocycles. The zero-order chi connectivity index (χ0) is 14.6. The number of hydrogen-bond acceptors (Lipinski definition) is 4. The Morgan fingerprint density at radius 3 is 2.90 bits per heavy atom. The van der Waals surface area contributed by atoms with E-state index in [9.17, 15) is 8.42 Å². The van der Waals surface area contributed by atoms with E-state index in [0.717, 1.165) is 5.56 Å². The number of nitrogens with zero attached hydrogens (tertiary/aromatic N) is 1. The maximum Gasteiger partial charge on any atom is 0.214 e. The topological polar surface area (TPSA) is 79.2 Å². The average molecular weight is 294 g/mol. The van der Waals surface area contributed by atoms with Crippen LogP contribution in [0.3, 0.4) is 0 Å². The van der Waals surface area contributed by atoms with Crippen molar-refractivity contribution in [2.75, 3.05) is 20.3 Å². The van der Waals surface area contributed by atoms with E-state index in [1.807, 2.05) is 12.1 Å². The molecular weight excluding hydrogens is 276 g/mol. The van der Waals surface area contributed by atoms with Gasteiger partial charge in [-0.25, -0.2) is 13.1 Å². The Bertz CT molecular complexity index is 607. The third kappa shape index (κ3) is 3.18. The number of sulfonamides is 1. The molecule has 0 bridgehead atoms. The van der Waals surface area contributed by atoms with Gasteiger partial charge in [0.1, 0.15) is 0 Å². The average Bonchev–Trinajstić information content (AvgIpc) is 2.48. The minimum absolute atomic E-state index is 0.129. The highest BCUT2D eigenvalue weighted by molar-refractivity contribution is 7.90. The number of nitrogens with one attached hydrogen (secondary N) is 1. The van der Waals surface area contributed by atoms with Crippen molar-refractivity contribution < 1.29 is 13.2 Å². The first-order valence-corrected chi connectivity index (χ1v) is 8.11. The van der Waals surface area contributed by atoms with Gasteiger partial charge < -0.3 is 4.74 Å². The van der Waals surface area contributed by atoms with Gasteiger partial charge in [0, 0.05) is 12.5 Å². The second-order valence-electron chi connectivity index (χ2n) is 4.88. The first-order chi connectivity index (χ1) is 9.58. The normalized spacial score (nSPS) is 23.2. The van der Waals surface area contributed by atoms with Crippen LogP contribution in [0.2, 0.25) is 0 Å². The number of hydrogen-bond donors (Lipinski definition) is 1. The van der Waals surface area contributed by atoms with E-state index >= 15 is 0 Å². The summed E-state index contributed by atoms with van der Waals surface area (Å²) in [6, 6.07) is 9.44. The van der Waals surface area contributed by atoms with E-state index in [4.69, 9.17) is 10.00 Å². The molecule has 0 spiro atoms. The lowest BCUT2D eigenvalue weighted by atomic mass is 9.91. The Labute approximate surface area is 119 Å². The van der Waals surface area contributed by atoms with E-state index in [2.05, 4.69) is 10.8 Å². The van der Waals surface area contributed by atoms with Crippen LogP contribution in [0.5, 0.6) is 0 Å². The molecule has 5 nitrogen and oxygen atoms in total. The summed E-state index contributed by atoms with van der Waals surface area (Å²) in [5, 5.41) is 8.64. The van der Waals surface area contributed by atoms with Crippen LogP contribution in [0.15, 0.2) is 24.3 Å². The highest BCUT2D eigenvalue weighted by Gasteiger charge is 2.35. The van der Waals surface area contributed by atoms with Crippen LogP contribution >= 0.6 is 0 Å². The summed E-state index contributed by atoms with van der Waals surface area (Å²) < 4.78 is 32.0. The van der Waals surface area contributed by atoms with Crippen LogP contribution < -0.4 is 4.72 Å². The Balaban J connectivity index is 2.24. The summed E-state index contributed by atoms with van der Waals surface area (Å²) >= 11 is 0. The molecule has 2 atom stereocenters. The predicted molar refractivity (Wildman–Crippen MR) is 75.6 cm³/mol. The van der Waals surface area contributed by atoms with Gasteiger partial charge in [0.15, 0.2) is 0 Å². The van der Waals surface area contributed by atoms with Gasteiger partial charge in [-0.1, -0.05) is 18.2 Å². The fraction of sp³-hybridized carbons (Fsp3) is 0.500. The van der Waals surface area contributed by atoms with E-state index in [-0.39, 0.29) is 5.92 Å². The van der Waals surface area contributed by atoms with Gasteiger partial charge in [-0.05, 0) is 31.5 Å². The molecule has 1 aromatic carbocycles. The van der Waals surface area contributed by atoms with Crippen molar-refractivity contribution in [1.82, 2.24) is 4.72 Å². The van der Waals surface area contributed by atoms with Gasteiger partial charge in [-0.3, -0.25) is 0 Å². The zero-order valence-electron chi connectivity index (χ0n) is 11.4. The molecule has 108 valence electrons. The Kier molecular flexibility index (Phi) is 4.76.